The van der Waals surface area contributed by atoms with E-state index in [-0.39, 0.29) is 24.2 Å². The van der Waals surface area contributed by atoms with Gasteiger partial charge in [-0.1, -0.05) is 42.5 Å². The summed E-state index contributed by atoms with van der Waals surface area (Å²) in [6.07, 6.45) is -0.112. The number of carbonyl (C=O) groups is 1. The number of hydrogen-bond donors (Lipinski definition) is 0. The number of pyridine rings is 1. The lowest BCUT2D eigenvalue weighted by Crippen LogP contribution is -2.09. The molecule has 5 aromatic rings. The molecule has 0 fully saturated rings. The lowest BCUT2D eigenvalue weighted by atomic mass is 10.1. The standard InChI is InChI=1S/C29H23NO6/c1-33-29(32)16-22-15-25(31)23-13-10-19(14-28(23)36-22)17-34-26-8-4-5-9-27(26)35-18-21-12-11-20-6-2-3-7-24(20)30-21/h2-15H,16-18H2,1H3. The van der Waals surface area contributed by atoms with Gasteiger partial charge in [0.15, 0.2) is 16.9 Å². The third-order valence-corrected chi connectivity index (χ3v) is 5.67. The number of aromatic nitrogens is 1. The Balaban J connectivity index is 1.30. The molecule has 7 nitrogen and oxygen atoms in total. The highest BCUT2D eigenvalue weighted by Crippen LogP contribution is 2.28. The predicted molar refractivity (Wildman–Crippen MR) is 135 cm³/mol. The highest BCUT2D eigenvalue weighted by Gasteiger charge is 2.11. The van der Waals surface area contributed by atoms with Crippen LogP contribution in [-0.4, -0.2) is 18.1 Å². The van der Waals surface area contributed by atoms with E-state index in [1.165, 1.54) is 13.2 Å². The maximum atomic E-state index is 12.4. The van der Waals surface area contributed by atoms with Gasteiger partial charge in [0, 0.05) is 11.5 Å². The van der Waals surface area contributed by atoms with Crippen LogP contribution in [0.15, 0.2) is 94.1 Å². The molecule has 0 bridgehead atoms. The highest BCUT2D eigenvalue weighted by atomic mass is 16.5. The quantitative estimate of drug-likeness (QED) is 0.281. The van der Waals surface area contributed by atoms with Crippen molar-refractivity contribution in [2.24, 2.45) is 0 Å². The Bertz CT molecular complexity index is 1610. The van der Waals surface area contributed by atoms with Gasteiger partial charge >= 0.3 is 5.97 Å². The van der Waals surface area contributed by atoms with Crippen LogP contribution >= 0.6 is 0 Å². The number of benzene rings is 3. The van der Waals surface area contributed by atoms with E-state index in [2.05, 4.69) is 9.72 Å². The number of rotatable bonds is 8. The second-order valence-electron chi connectivity index (χ2n) is 8.18. The van der Waals surface area contributed by atoms with Crippen LogP contribution < -0.4 is 14.9 Å². The molecule has 0 aliphatic heterocycles. The average Bonchev–Trinajstić information content (AvgIpc) is 2.90. The van der Waals surface area contributed by atoms with Crippen LogP contribution in [0.5, 0.6) is 11.5 Å². The fraction of sp³-hybridized carbons (Fsp3) is 0.138. The van der Waals surface area contributed by atoms with Gasteiger partial charge in [0.25, 0.3) is 0 Å². The van der Waals surface area contributed by atoms with Crippen LogP contribution in [0.25, 0.3) is 21.9 Å². The normalized spacial score (nSPS) is 10.9. The number of ether oxygens (including phenoxy) is 3. The van der Waals surface area contributed by atoms with Crippen molar-refractivity contribution in [1.82, 2.24) is 4.98 Å². The minimum absolute atomic E-state index is 0.112. The number of nitrogens with zero attached hydrogens (tertiary/aromatic N) is 1. The Hall–Kier alpha value is -4.65. The Morgan fingerprint density at radius 2 is 1.61 bits per heavy atom. The molecule has 0 saturated carbocycles. The molecule has 0 N–H and O–H groups in total. The average molecular weight is 482 g/mol. The summed E-state index contributed by atoms with van der Waals surface area (Å²) < 4.78 is 22.5. The van der Waals surface area contributed by atoms with E-state index in [0.29, 0.717) is 29.1 Å². The van der Waals surface area contributed by atoms with Gasteiger partial charge in [0.2, 0.25) is 0 Å². The van der Waals surface area contributed by atoms with Gasteiger partial charge in [-0.05, 0) is 42.0 Å². The van der Waals surface area contributed by atoms with Crippen molar-refractivity contribution in [1.29, 1.82) is 0 Å². The van der Waals surface area contributed by atoms with Crippen molar-refractivity contribution in [2.45, 2.75) is 19.6 Å². The Kier molecular flexibility index (Phi) is 6.62. The fourth-order valence-electron chi connectivity index (χ4n) is 3.83. The van der Waals surface area contributed by atoms with Crippen molar-refractivity contribution in [3.63, 3.8) is 0 Å². The molecule has 180 valence electrons. The molecule has 0 atom stereocenters. The maximum absolute atomic E-state index is 12.4. The Labute approximate surface area is 206 Å². The first-order valence-electron chi connectivity index (χ1n) is 11.4. The monoisotopic (exact) mass is 481 g/mol. The van der Waals surface area contributed by atoms with E-state index in [9.17, 15) is 9.59 Å². The molecule has 0 amide bonds. The molecule has 0 aliphatic carbocycles. The van der Waals surface area contributed by atoms with Crippen LogP contribution in [-0.2, 0) is 29.2 Å². The van der Waals surface area contributed by atoms with Crippen molar-refractivity contribution in [3.05, 3.63) is 112 Å². The lowest BCUT2D eigenvalue weighted by Gasteiger charge is -2.13. The van der Waals surface area contributed by atoms with Gasteiger partial charge < -0.3 is 18.6 Å². The molecule has 0 radical (unpaired) electrons. The van der Waals surface area contributed by atoms with E-state index in [1.807, 2.05) is 66.7 Å². The van der Waals surface area contributed by atoms with E-state index >= 15 is 0 Å². The first-order valence-corrected chi connectivity index (χ1v) is 11.4. The zero-order valence-electron chi connectivity index (χ0n) is 19.6. The van der Waals surface area contributed by atoms with Crippen molar-refractivity contribution in [2.75, 3.05) is 7.11 Å². The fourth-order valence-corrected chi connectivity index (χ4v) is 3.83. The second kappa shape index (κ2) is 10.3. The van der Waals surface area contributed by atoms with E-state index in [1.54, 1.807) is 12.1 Å². The Morgan fingerprint density at radius 1 is 0.861 bits per heavy atom. The smallest absolute Gasteiger partial charge is 0.313 e. The molecule has 2 heterocycles. The number of fused-ring (bicyclic) bond motifs is 2. The predicted octanol–water partition coefficient (Wildman–Crippen LogP) is 5.21. The van der Waals surface area contributed by atoms with E-state index in [4.69, 9.17) is 13.9 Å². The minimum Gasteiger partial charge on any atom is -0.485 e. The topological polar surface area (TPSA) is 87.9 Å². The maximum Gasteiger partial charge on any atom is 0.313 e. The minimum atomic E-state index is -0.479. The highest BCUT2D eigenvalue weighted by molar-refractivity contribution is 5.79. The third kappa shape index (κ3) is 5.20. The van der Waals surface area contributed by atoms with Crippen LogP contribution in [0.3, 0.4) is 0 Å². The summed E-state index contributed by atoms with van der Waals surface area (Å²) in [7, 11) is 1.29. The molecule has 36 heavy (non-hydrogen) atoms. The number of esters is 1. The second-order valence-corrected chi connectivity index (χ2v) is 8.18. The van der Waals surface area contributed by atoms with E-state index < -0.39 is 5.97 Å². The van der Waals surface area contributed by atoms with Gasteiger partial charge in [-0.15, -0.1) is 0 Å². The van der Waals surface area contributed by atoms with Crippen molar-refractivity contribution >= 4 is 27.8 Å². The summed E-state index contributed by atoms with van der Waals surface area (Å²) in [6.45, 7) is 0.533. The molecule has 3 aromatic carbocycles. The summed E-state index contributed by atoms with van der Waals surface area (Å²) in [5.74, 6) is 0.949. The van der Waals surface area contributed by atoms with Gasteiger partial charge in [-0.25, -0.2) is 4.98 Å². The van der Waals surface area contributed by atoms with Gasteiger partial charge in [0.05, 0.1) is 23.7 Å². The van der Waals surface area contributed by atoms with Crippen molar-refractivity contribution < 1.29 is 23.4 Å². The lowest BCUT2D eigenvalue weighted by molar-refractivity contribution is -0.140. The molecule has 0 saturated heterocycles. The van der Waals surface area contributed by atoms with Crippen LogP contribution in [0, 0.1) is 0 Å². The molecular formula is C29H23NO6. The zero-order chi connectivity index (χ0) is 24.9. The molecule has 0 unspecified atom stereocenters. The third-order valence-electron chi connectivity index (χ3n) is 5.67. The number of para-hydroxylation sites is 3. The zero-order valence-corrected chi connectivity index (χ0v) is 19.6. The summed E-state index contributed by atoms with van der Waals surface area (Å²) >= 11 is 0. The summed E-state index contributed by atoms with van der Waals surface area (Å²) in [6, 6.07) is 25.9. The van der Waals surface area contributed by atoms with Gasteiger partial charge in [-0.3, -0.25) is 9.59 Å². The number of carbonyl (C=O) groups excluding carboxylic acids is 1. The molecule has 7 heteroatoms. The Morgan fingerprint density at radius 3 is 2.42 bits per heavy atom. The summed E-state index contributed by atoms with van der Waals surface area (Å²) in [5.41, 5.74) is 2.70. The summed E-state index contributed by atoms with van der Waals surface area (Å²) in [5, 5.41) is 1.51. The van der Waals surface area contributed by atoms with Crippen LogP contribution in [0.1, 0.15) is 17.0 Å². The first-order chi connectivity index (χ1) is 17.6. The first kappa shape index (κ1) is 23.1. The molecule has 5 rings (SSSR count). The number of methoxy groups -OCH3 is 1. The largest absolute Gasteiger partial charge is 0.485 e. The van der Waals surface area contributed by atoms with Crippen molar-refractivity contribution in [3.8, 4) is 11.5 Å². The number of hydrogen-bond acceptors (Lipinski definition) is 7. The SMILES string of the molecule is COC(=O)Cc1cc(=O)c2ccc(COc3ccccc3OCc3ccc4ccccc4n3)cc2o1. The van der Waals surface area contributed by atoms with Gasteiger partial charge in [0.1, 0.15) is 31.0 Å². The van der Waals surface area contributed by atoms with E-state index in [0.717, 1.165) is 22.2 Å². The van der Waals surface area contributed by atoms with Crippen LogP contribution in [0.4, 0.5) is 0 Å². The molecule has 0 aliphatic rings. The summed E-state index contributed by atoms with van der Waals surface area (Å²) in [4.78, 5) is 28.6. The van der Waals surface area contributed by atoms with Crippen LogP contribution in [0.2, 0.25) is 0 Å². The molecular weight excluding hydrogens is 458 g/mol. The molecule has 2 aromatic heterocycles. The van der Waals surface area contributed by atoms with Gasteiger partial charge in [-0.2, -0.15) is 0 Å². The molecule has 0 spiro atoms.